The second kappa shape index (κ2) is 14.6. The highest BCUT2D eigenvalue weighted by atomic mass is 16.6. The van der Waals surface area contributed by atoms with Crippen molar-refractivity contribution in [3.63, 3.8) is 0 Å². The van der Waals surface area contributed by atoms with Crippen LogP contribution in [-0.4, -0.2) is 68.5 Å². The zero-order valence-electron chi connectivity index (χ0n) is 27.6. The van der Waals surface area contributed by atoms with Gasteiger partial charge >= 0.3 is 6.09 Å². The molecule has 11 heteroatoms. The lowest BCUT2D eigenvalue weighted by Gasteiger charge is -2.33. The molecule has 1 fully saturated rings. The number of anilines is 1. The SMILES string of the molecule is CC1CCN(C(=O)C(c2ccccc2)n2cnc(NC(=O)[C@@H](Cc3ccccc3)NC(=O)C(C)(C)NC(=O)OC(C)(C)C)c2)CC1. The highest BCUT2D eigenvalue weighted by molar-refractivity contribution is 5.98. The molecule has 1 aliphatic rings. The third-order valence-electron chi connectivity index (χ3n) is 7.88. The molecule has 2 atom stereocenters. The first-order chi connectivity index (χ1) is 21.7. The van der Waals surface area contributed by atoms with Crippen LogP contribution >= 0.6 is 0 Å². The fraction of sp³-hybridized carbons (Fsp3) is 0.457. The molecule has 0 bridgehead atoms. The smallest absolute Gasteiger partial charge is 0.408 e. The first kappa shape index (κ1) is 34.2. The van der Waals surface area contributed by atoms with Crippen LogP contribution in [0.4, 0.5) is 10.6 Å². The lowest BCUT2D eigenvalue weighted by Crippen LogP contribution is -2.59. The summed E-state index contributed by atoms with van der Waals surface area (Å²) >= 11 is 0. The summed E-state index contributed by atoms with van der Waals surface area (Å²) in [6, 6.07) is 17.2. The van der Waals surface area contributed by atoms with Gasteiger partial charge in [0.25, 0.3) is 0 Å². The molecule has 0 spiro atoms. The standard InChI is InChI=1S/C35H46N6O5/c1-24-17-19-40(20-18-24)31(43)29(26-15-11-8-12-16-26)41-22-28(36-23-41)38-30(42)27(21-25-13-9-7-10-14-25)37-32(44)35(5,6)39-33(45)46-34(2,3)4/h7-16,22-24,27,29H,17-21H2,1-6H3,(H,37,44)(H,38,42)(H,39,45)/t27-,29?/m1/s1. The van der Waals surface area contributed by atoms with Gasteiger partial charge in [-0.3, -0.25) is 14.4 Å². The van der Waals surface area contributed by atoms with Crippen LogP contribution in [0, 0.1) is 5.92 Å². The van der Waals surface area contributed by atoms with Gasteiger partial charge in [-0.05, 0) is 64.5 Å². The van der Waals surface area contributed by atoms with Gasteiger partial charge < -0.3 is 30.2 Å². The van der Waals surface area contributed by atoms with E-state index in [1.807, 2.05) is 65.6 Å². The average molecular weight is 631 g/mol. The molecule has 1 aromatic heterocycles. The van der Waals surface area contributed by atoms with Crippen molar-refractivity contribution < 1.29 is 23.9 Å². The van der Waals surface area contributed by atoms with E-state index in [2.05, 4.69) is 27.9 Å². The zero-order valence-corrected chi connectivity index (χ0v) is 27.6. The molecule has 0 saturated carbocycles. The normalized spacial score (nSPS) is 15.4. The molecule has 0 radical (unpaired) electrons. The van der Waals surface area contributed by atoms with Gasteiger partial charge in [-0.15, -0.1) is 0 Å². The fourth-order valence-corrected chi connectivity index (χ4v) is 5.25. The first-order valence-electron chi connectivity index (χ1n) is 15.8. The largest absolute Gasteiger partial charge is 0.444 e. The molecule has 46 heavy (non-hydrogen) atoms. The van der Waals surface area contributed by atoms with E-state index in [-0.39, 0.29) is 18.1 Å². The zero-order chi connectivity index (χ0) is 33.5. The minimum Gasteiger partial charge on any atom is -0.444 e. The minimum atomic E-state index is -1.38. The summed E-state index contributed by atoms with van der Waals surface area (Å²) in [4.78, 5) is 59.6. The van der Waals surface area contributed by atoms with Gasteiger partial charge in [-0.2, -0.15) is 0 Å². The van der Waals surface area contributed by atoms with Crippen LogP contribution in [0.1, 0.15) is 71.6 Å². The van der Waals surface area contributed by atoms with Crippen molar-refractivity contribution >= 4 is 29.6 Å². The Hall–Kier alpha value is -4.67. The van der Waals surface area contributed by atoms with Crippen molar-refractivity contribution in [2.45, 2.75) is 84.0 Å². The third-order valence-corrected chi connectivity index (χ3v) is 7.88. The fourth-order valence-electron chi connectivity index (χ4n) is 5.25. The molecule has 246 valence electrons. The number of carbonyl (C=O) groups excluding carboxylic acids is 4. The Morgan fingerprint density at radius 2 is 1.54 bits per heavy atom. The summed E-state index contributed by atoms with van der Waals surface area (Å²) in [6.07, 6.45) is 4.53. The number of piperidine rings is 1. The van der Waals surface area contributed by atoms with Gasteiger partial charge in [0, 0.05) is 25.7 Å². The lowest BCUT2D eigenvalue weighted by molar-refractivity contribution is -0.135. The van der Waals surface area contributed by atoms with Crippen molar-refractivity contribution in [2.24, 2.45) is 5.92 Å². The predicted octanol–water partition coefficient (Wildman–Crippen LogP) is 4.70. The number of aromatic nitrogens is 2. The van der Waals surface area contributed by atoms with Gasteiger partial charge in [-0.1, -0.05) is 67.6 Å². The van der Waals surface area contributed by atoms with Crippen molar-refractivity contribution in [1.82, 2.24) is 25.1 Å². The van der Waals surface area contributed by atoms with Gasteiger partial charge in [-0.25, -0.2) is 9.78 Å². The number of amides is 4. The van der Waals surface area contributed by atoms with Gasteiger partial charge in [0.2, 0.25) is 17.7 Å². The number of nitrogens with one attached hydrogen (secondary N) is 3. The van der Waals surface area contributed by atoms with Crippen LogP contribution < -0.4 is 16.0 Å². The Bertz CT molecular complexity index is 1490. The number of nitrogens with zero attached hydrogens (tertiary/aromatic N) is 3. The summed E-state index contributed by atoms with van der Waals surface area (Å²) in [5, 5.41) is 8.20. The Kier molecular flexibility index (Phi) is 10.9. The van der Waals surface area contributed by atoms with E-state index in [1.54, 1.807) is 31.5 Å². The van der Waals surface area contributed by atoms with E-state index < -0.39 is 41.1 Å². The number of benzene rings is 2. The first-order valence-corrected chi connectivity index (χ1v) is 15.8. The Labute approximate surface area is 271 Å². The number of hydrogen-bond donors (Lipinski definition) is 3. The number of imidazole rings is 1. The van der Waals surface area contributed by atoms with E-state index in [1.165, 1.54) is 20.2 Å². The quantitative estimate of drug-likeness (QED) is 0.297. The lowest BCUT2D eigenvalue weighted by atomic mass is 9.97. The molecule has 1 saturated heterocycles. The summed E-state index contributed by atoms with van der Waals surface area (Å²) in [5.41, 5.74) is -0.478. The van der Waals surface area contributed by atoms with Crippen LogP contribution in [0.3, 0.4) is 0 Å². The molecule has 3 N–H and O–H groups in total. The second-order valence-corrected chi connectivity index (χ2v) is 13.5. The van der Waals surface area contributed by atoms with Crippen LogP contribution in [0.5, 0.6) is 0 Å². The second-order valence-electron chi connectivity index (χ2n) is 13.5. The van der Waals surface area contributed by atoms with E-state index in [4.69, 9.17) is 4.74 Å². The van der Waals surface area contributed by atoms with Crippen LogP contribution in [0.25, 0.3) is 0 Å². The maximum Gasteiger partial charge on any atom is 0.408 e. The predicted molar refractivity (Wildman–Crippen MR) is 176 cm³/mol. The summed E-state index contributed by atoms with van der Waals surface area (Å²) < 4.78 is 7.03. The molecule has 1 unspecified atom stereocenters. The Morgan fingerprint density at radius 3 is 2.15 bits per heavy atom. The molecule has 2 heterocycles. The molecule has 4 amide bonds. The monoisotopic (exact) mass is 630 g/mol. The molecular weight excluding hydrogens is 584 g/mol. The topological polar surface area (TPSA) is 135 Å². The maximum absolute atomic E-state index is 13.8. The molecule has 2 aromatic carbocycles. The maximum atomic E-state index is 13.8. The summed E-state index contributed by atoms with van der Waals surface area (Å²) in [5.74, 6) is -0.266. The number of ether oxygens (including phenoxy) is 1. The minimum absolute atomic E-state index is 0.0256. The highest BCUT2D eigenvalue weighted by Gasteiger charge is 2.35. The van der Waals surface area contributed by atoms with Crippen molar-refractivity contribution in [3.8, 4) is 0 Å². The number of carbonyl (C=O) groups is 4. The van der Waals surface area contributed by atoms with Crippen molar-refractivity contribution in [2.75, 3.05) is 18.4 Å². The molecule has 0 aliphatic carbocycles. The van der Waals surface area contributed by atoms with Crippen LogP contribution in [0.15, 0.2) is 73.2 Å². The molecular formula is C35H46N6O5. The molecule has 1 aliphatic heterocycles. The van der Waals surface area contributed by atoms with Gasteiger partial charge in [0.1, 0.15) is 23.2 Å². The van der Waals surface area contributed by atoms with E-state index in [0.29, 0.717) is 19.0 Å². The van der Waals surface area contributed by atoms with Crippen LogP contribution in [0.2, 0.25) is 0 Å². The van der Waals surface area contributed by atoms with E-state index in [9.17, 15) is 19.2 Å². The third kappa shape index (κ3) is 9.42. The molecule has 3 aromatic rings. The van der Waals surface area contributed by atoms with Crippen LogP contribution in [-0.2, 0) is 25.5 Å². The van der Waals surface area contributed by atoms with E-state index in [0.717, 1.165) is 24.0 Å². The Balaban J connectivity index is 1.53. The number of likely N-dealkylation sites (tertiary alicyclic amines) is 1. The Morgan fingerprint density at radius 1 is 0.935 bits per heavy atom. The van der Waals surface area contributed by atoms with Crippen molar-refractivity contribution in [1.29, 1.82) is 0 Å². The van der Waals surface area contributed by atoms with Gasteiger partial charge in [0.15, 0.2) is 5.82 Å². The molecule has 11 nitrogen and oxygen atoms in total. The number of rotatable bonds is 10. The number of hydrogen-bond acceptors (Lipinski definition) is 6. The number of alkyl carbamates (subject to hydrolysis) is 1. The van der Waals surface area contributed by atoms with Gasteiger partial charge in [0.05, 0.1) is 6.33 Å². The molecule has 4 rings (SSSR count). The average Bonchev–Trinajstić information content (AvgIpc) is 3.44. The van der Waals surface area contributed by atoms with E-state index >= 15 is 0 Å². The van der Waals surface area contributed by atoms with Crippen molar-refractivity contribution in [3.05, 3.63) is 84.3 Å². The summed E-state index contributed by atoms with van der Waals surface area (Å²) in [6.45, 7) is 11.9. The highest BCUT2D eigenvalue weighted by Crippen LogP contribution is 2.26. The summed E-state index contributed by atoms with van der Waals surface area (Å²) in [7, 11) is 0.